The van der Waals surface area contributed by atoms with Crippen molar-refractivity contribution >= 4 is 23.5 Å². The van der Waals surface area contributed by atoms with E-state index in [0.29, 0.717) is 0 Å². The first-order chi connectivity index (χ1) is 12.8. The van der Waals surface area contributed by atoms with Gasteiger partial charge in [-0.3, -0.25) is 0 Å². The quantitative estimate of drug-likeness (QED) is 0.230. The van der Waals surface area contributed by atoms with Crippen LogP contribution >= 0.6 is 23.5 Å². The summed E-state index contributed by atoms with van der Waals surface area (Å²) < 4.78 is 1.34. The van der Waals surface area contributed by atoms with E-state index in [1.807, 2.05) is 30.6 Å². The van der Waals surface area contributed by atoms with Gasteiger partial charge in [0.15, 0.2) is 0 Å². The molecule has 0 aromatic heterocycles. The first kappa shape index (κ1) is 26.2. The van der Waals surface area contributed by atoms with Crippen LogP contribution in [0.5, 0.6) is 0 Å². The molecule has 0 aromatic rings. The third kappa shape index (κ3) is 13.1. The molecule has 0 unspecified atom stereocenters. The molecule has 0 bridgehead atoms. The Morgan fingerprint density at radius 3 is 2.04 bits per heavy atom. The third-order valence-electron chi connectivity index (χ3n) is 4.31. The highest BCUT2D eigenvalue weighted by atomic mass is 32.2. The summed E-state index contributed by atoms with van der Waals surface area (Å²) in [5, 5.41) is 3.35. The highest BCUT2D eigenvalue weighted by Gasteiger charge is 2.08. The molecule has 0 aliphatic heterocycles. The zero-order valence-corrected chi connectivity index (χ0v) is 20.3. The molecule has 0 saturated heterocycles. The van der Waals surface area contributed by atoms with Crippen LogP contribution in [0.1, 0.15) is 73.1 Å². The SMILES string of the molecule is C=C(CCC)/C(NC)=C(/SC)SC/C=C(\C)CC/C=C(\C)CCC=C(C)C. The lowest BCUT2D eigenvalue weighted by Crippen LogP contribution is -2.09. The number of likely N-dealkylation sites (N-methyl/N-ethyl adjacent to an activating group) is 1. The van der Waals surface area contributed by atoms with Crippen molar-refractivity contribution in [2.24, 2.45) is 0 Å². The monoisotopic (exact) mass is 407 g/mol. The van der Waals surface area contributed by atoms with Crippen LogP contribution in [0.15, 0.2) is 57.0 Å². The molecule has 0 amide bonds. The van der Waals surface area contributed by atoms with E-state index in [1.165, 1.54) is 38.6 Å². The van der Waals surface area contributed by atoms with Gasteiger partial charge in [0.25, 0.3) is 0 Å². The van der Waals surface area contributed by atoms with Gasteiger partial charge in [0.05, 0.1) is 9.93 Å². The number of hydrogen-bond acceptors (Lipinski definition) is 3. The molecule has 0 heterocycles. The van der Waals surface area contributed by atoms with Crippen LogP contribution in [0.3, 0.4) is 0 Å². The summed E-state index contributed by atoms with van der Waals surface area (Å²) in [6.45, 7) is 15.3. The molecule has 0 saturated carbocycles. The Bertz CT molecular complexity index is 561. The standard InChI is InChI=1S/C24H41NS2/c1-9-12-22(6)23(25-7)24(26-8)27-18-17-21(5)16-11-15-20(4)14-10-13-19(2)3/h13,15,17,25H,6,9-12,14,16,18H2,1-5,7-8H3/b20-15+,21-17+,24-23+. The van der Waals surface area contributed by atoms with Gasteiger partial charge in [0.2, 0.25) is 0 Å². The van der Waals surface area contributed by atoms with Gasteiger partial charge in [-0.05, 0) is 71.6 Å². The van der Waals surface area contributed by atoms with Crippen molar-refractivity contribution in [3.05, 3.63) is 57.0 Å². The number of thioether (sulfide) groups is 2. The largest absolute Gasteiger partial charge is 0.387 e. The molecule has 3 heteroatoms. The maximum atomic E-state index is 4.24. The van der Waals surface area contributed by atoms with E-state index < -0.39 is 0 Å². The Kier molecular flexibility index (Phi) is 15.7. The van der Waals surface area contributed by atoms with Crippen molar-refractivity contribution in [2.75, 3.05) is 19.1 Å². The van der Waals surface area contributed by atoms with Crippen molar-refractivity contribution in [2.45, 2.75) is 73.1 Å². The summed E-state index contributed by atoms with van der Waals surface area (Å²) in [6, 6.07) is 0. The van der Waals surface area contributed by atoms with Crippen molar-refractivity contribution in [1.29, 1.82) is 0 Å². The maximum absolute atomic E-state index is 4.24. The fourth-order valence-corrected chi connectivity index (χ4v) is 4.72. The molecule has 1 nitrogen and oxygen atoms in total. The van der Waals surface area contributed by atoms with Crippen LogP contribution in [0.4, 0.5) is 0 Å². The van der Waals surface area contributed by atoms with E-state index in [0.717, 1.165) is 37.9 Å². The minimum absolute atomic E-state index is 1.02. The highest BCUT2D eigenvalue weighted by molar-refractivity contribution is 8.22. The first-order valence-corrected chi connectivity index (χ1v) is 12.3. The van der Waals surface area contributed by atoms with Crippen molar-refractivity contribution in [3.63, 3.8) is 0 Å². The Morgan fingerprint density at radius 2 is 1.52 bits per heavy atom. The van der Waals surface area contributed by atoms with Crippen molar-refractivity contribution in [3.8, 4) is 0 Å². The molecule has 0 fully saturated rings. The lowest BCUT2D eigenvalue weighted by Gasteiger charge is -2.14. The van der Waals surface area contributed by atoms with E-state index in [4.69, 9.17) is 0 Å². The van der Waals surface area contributed by atoms with Gasteiger partial charge in [0.1, 0.15) is 0 Å². The van der Waals surface area contributed by atoms with Gasteiger partial charge in [-0.1, -0.05) is 54.9 Å². The van der Waals surface area contributed by atoms with Gasteiger partial charge < -0.3 is 5.32 Å². The zero-order chi connectivity index (χ0) is 20.7. The fraction of sp³-hybridized carbons (Fsp3) is 0.583. The second-order valence-corrected chi connectivity index (χ2v) is 9.35. The highest BCUT2D eigenvalue weighted by Crippen LogP contribution is 2.32. The fourth-order valence-electron chi connectivity index (χ4n) is 2.68. The summed E-state index contributed by atoms with van der Waals surface area (Å²) >= 11 is 3.73. The Labute approximate surface area is 177 Å². The van der Waals surface area contributed by atoms with E-state index >= 15 is 0 Å². The number of hydrogen-bond donors (Lipinski definition) is 1. The van der Waals surface area contributed by atoms with Crippen LogP contribution in [0.2, 0.25) is 0 Å². The molecule has 0 radical (unpaired) electrons. The summed E-state index contributed by atoms with van der Waals surface area (Å²) in [7, 11) is 2.00. The van der Waals surface area contributed by atoms with Gasteiger partial charge in [-0.2, -0.15) is 0 Å². The number of rotatable bonds is 14. The summed E-state index contributed by atoms with van der Waals surface area (Å²) in [4.78, 5) is 0. The molecule has 154 valence electrons. The van der Waals surface area contributed by atoms with Gasteiger partial charge in [-0.15, -0.1) is 23.5 Å². The molecule has 0 aromatic carbocycles. The molecule has 0 rings (SSSR count). The molecular weight excluding hydrogens is 366 g/mol. The minimum Gasteiger partial charge on any atom is -0.387 e. The predicted octanol–water partition coefficient (Wildman–Crippen LogP) is 8.25. The normalized spacial score (nSPS) is 13.3. The first-order valence-electron chi connectivity index (χ1n) is 10.1. The van der Waals surface area contributed by atoms with E-state index in [2.05, 4.69) is 71.0 Å². The molecule has 0 atom stereocenters. The summed E-state index contributed by atoms with van der Waals surface area (Å²) in [5.41, 5.74) is 6.84. The topological polar surface area (TPSA) is 12.0 Å². The minimum atomic E-state index is 1.02. The Morgan fingerprint density at radius 1 is 0.926 bits per heavy atom. The second-order valence-electron chi connectivity index (χ2n) is 7.24. The van der Waals surface area contributed by atoms with E-state index in [1.54, 1.807) is 0 Å². The second kappa shape index (κ2) is 16.2. The lowest BCUT2D eigenvalue weighted by molar-refractivity contribution is 0.875. The van der Waals surface area contributed by atoms with Crippen LogP contribution in [-0.2, 0) is 0 Å². The molecule has 0 aliphatic rings. The van der Waals surface area contributed by atoms with Crippen LogP contribution < -0.4 is 5.32 Å². The summed E-state index contributed by atoms with van der Waals surface area (Å²) in [6.07, 6.45) is 16.1. The zero-order valence-electron chi connectivity index (χ0n) is 18.7. The molecule has 1 N–H and O–H groups in total. The Hall–Kier alpha value is -0.800. The van der Waals surface area contributed by atoms with Crippen LogP contribution in [-0.4, -0.2) is 19.1 Å². The number of allylic oxidation sites excluding steroid dienone is 6. The molecule has 0 spiro atoms. The number of nitrogens with one attached hydrogen (secondary N) is 1. The Balaban J connectivity index is 4.51. The van der Waals surface area contributed by atoms with Gasteiger partial charge in [0, 0.05) is 12.8 Å². The maximum Gasteiger partial charge on any atom is 0.0637 e. The van der Waals surface area contributed by atoms with Crippen LogP contribution in [0, 0.1) is 0 Å². The molecular formula is C24H41NS2. The van der Waals surface area contributed by atoms with E-state index in [-0.39, 0.29) is 0 Å². The van der Waals surface area contributed by atoms with Crippen molar-refractivity contribution < 1.29 is 0 Å². The third-order valence-corrected chi connectivity index (χ3v) is 6.54. The lowest BCUT2D eigenvalue weighted by atomic mass is 10.1. The van der Waals surface area contributed by atoms with Gasteiger partial charge >= 0.3 is 0 Å². The predicted molar refractivity (Wildman–Crippen MR) is 132 cm³/mol. The molecule has 0 aliphatic carbocycles. The van der Waals surface area contributed by atoms with E-state index in [9.17, 15) is 0 Å². The smallest absolute Gasteiger partial charge is 0.0637 e. The van der Waals surface area contributed by atoms with Crippen molar-refractivity contribution in [1.82, 2.24) is 5.32 Å². The molecule has 27 heavy (non-hydrogen) atoms. The summed E-state index contributed by atoms with van der Waals surface area (Å²) in [5.74, 6) is 1.02. The average Bonchev–Trinajstić information content (AvgIpc) is 2.60. The average molecular weight is 408 g/mol. The van der Waals surface area contributed by atoms with Gasteiger partial charge in [-0.25, -0.2) is 0 Å². The van der Waals surface area contributed by atoms with Crippen LogP contribution in [0.25, 0.3) is 0 Å².